The lowest BCUT2D eigenvalue weighted by molar-refractivity contribution is 0.0336. The highest BCUT2D eigenvalue weighted by molar-refractivity contribution is 6.31. The SMILES string of the molecule is CC[C@@H](C)OC(=O)c1cc(Cl)ccc1N. The van der Waals surface area contributed by atoms with Crippen molar-refractivity contribution in [3.63, 3.8) is 0 Å². The molecule has 1 aromatic carbocycles. The van der Waals surface area contributed by atoms with Crippen molar-refractivity contribution in [3.8, 4) is 0 Å². The van der Waals surface area contributed by atoms with Crippen LogP contribution in [0, 0.1) is 0 Å². The maximum atomic E-state index is 11.6. The molecule has 4 heteroatoms. The van der Waals surface area contributed by atoms with Crippen LogP contribution < -0.4 is 5.73 Å². The Labute approximate surface area is 94.2 Å². The molecule has 0 aliphatic carbocycles. The Balaban J connectivity index is 2.86. The number of nitrogen functional groups attached to an aromatic ring is 1. The Kier molecular flexibility index (Phi) is 3.97. The summed E-state index contributed by atoms with van der Waals surface area (Å²) in [4.78, 5) is 11.6. The van der Waals surface area contributed by atoms with Gasteiger partial charge in [0.05, 0.1) is 11.7 Å². The molecular weight excluding hydrogens is 214 g/mol. The summed E-state index contributed by atoms with van der Waals surface area (Å²) < 4.78 is 5.14. The van der Waals surface area contributed by atoms with Gasteiger partial charge in [-0.3, -0.25) is 0 Å². The Morgan fingerprint density at radius 2 is 2.27 bits per heavy atom. The number of hydrogen-bond acceptors (Lipinski definition) is 3. The van der Waals surface area contributed by atoms with E-state index in [-0.39, 0.29) is 6.10 Å². The van der Waals surface area contributed by atoms with Gasteiger partial charge in [-0.1, -0.05) is 18.5 Å². The van der Waals surface area contributed by atoms with Crippen molar-refractivity contribution in [3.05, 3.63) is 28.8 Å². The van der Waals surface area contributed by atoms with E-state index in [1.165, 1.54) is 6.07 Å². The lowest BCUT2D eigenvalue weighted by atomic mass is 10.2. The topological polar surface area (TPSA) is 52.3 Å². The van der Waals surface area contributed by atoms with Gasteiger partial charge in [-0.2, -0.15) is 0 Å². The van der Waals surface area contributed by atoms with E-state index in [0.29, 0.717) is 16.3 Å². The second-order valence-electron chi connectivity index (χ2n) is 3.36. The van der Waals surface area contributed by atoms with E-state index in [2.05, 4.69) is 0 Å². The highest BCUT2D eigenvalue weighted by atomic mass is 35.5. The molecule has 0 saturated carbocycles. The molecule has 0 heterocycles. The van der Waals surface area contributed by atoms with Gasteiger partial charge in [0.15, 0.2) is 0 Å². The molecule has 15 heavy (non-hydrogen) atoms. The molecule has 1 rings (SSSR count). The molecule has 0 aliphatic rings. The zero-order valence-corrected chi connectivity index (χ0v) is 9.54. The van der Waals surface area contributed by atoms with E-state index in [1.54, 1.807) is 12.1 Å². The predicted octanol–water partition coefficient (Wildman–Crippen LogP) is 2.88. The Morgan fingerprint density at radius 1 is 1.60 bits per heavy atom. The predicted molar refractivity (Wildman–Crippen MR) is 61.0 cm³/mol. The summed E-state index contributed by atoms with van der Waals surface area (Å²) >= 11 is 5.77. The number of benzene rings is 1. The molecule has 0 amide bonds. The number of hydrogen-bond donors (Lipinski definition) is 1. The summed E-state index contributed by atoms with van der Waals surface area (Å²) in [5.74, 6) is -0.427. The van der Waals surface area contributed by atoms with Gasteiger partial charge in [-0.15, -0.1) is 0 Å². The minimum Gasteiger partial charge on any atom is -0.459 e. The van der Waals surface area contributed by atoms with Crippen LogP contribution >= 0.6 is 11.6 Å². The van der Waals surface area contributed by atoms with Crippen LogP contribution in [0.2, 0.25) is 5.02 Å². The van der Waals surface area contributed by atoms with Crippen LogP contribution in [0.3, 0.4) is 0 Å². The van der Waals surface area contributed by atoms with Crippen LogP contribution in [-0.4, -0.2) is 12.1 Å². The standard InChI is InChI=1S/C11H14ClNO2/c1-3-7(2)15-11(14)9-6-8(12)4-5-10(9)13/h4-7H,3,13H2,1-2H3/t7-/m1/s1. The molecule has 0 saturated heterocycles. The summed E-state index contributed by atoms with van der Waals surface area (Å²) in [6.07, 6.45) is 0.655. The van der Waals surface area contributed by atoms with Crippen molar-refractivity contribution in [2.24, 2.45) is 0 Å². The summed E-state index contributed by atoms with van der Waals surface area (Å²) in [6, 6.07) is 4.74. The van der Waals surface area contributed by atoms with Crippen molar-refractivity contribution in [1.82, 2.24) is 0 Å². The normalized spacial score (nSPS) is 12.2. The molecule has 2 N–H and O–H groups in total. The van der Waals surface area contributed by atoms with Gasteiger partial charge in [-0.25, -0.2) is 4.79 Å². The molecule has 0 bridgehead atoms. The van der Waals surface area contributed by atoms with Crippen molar-refractivity contribution < 1.29 is 9.53 Å². The molecule has 0 spiro atoms. The third kappa shape index (κ3) is 3.13. The number of carbonyl (C=O) groups excluding carboxylic acids is 1. The van der Waals surface area contributed by atoms with Crippen LogP contribution in [-0.2, 0) is 4.74 Å². The molecule has 82 valence electrons. The Bertz CT molecular complexity index is 366. The number of ether oxygens (including phenoxy) is 1. The highest BCUT2D eigenvalue weighted by Crippen LogP contribution is 2.19. The summed E-state index contributed by atoms with van der Waals surface area (Å²) in [6.45, 7) is 3.78. The van der Waals surface area contributed by atoms with Gasteiger partial charge in [-0.05, 0) is 31.5 Å². The van der Waals surface area contributed by atoms with Gasteiger partial charge in [0.2, 0.25) is 0 Å². The second-order valence-corrected chi connectivity index (χ2v) is 3.79. The number of nitrogens with two attached hydrogens (primary N) is 1. The molecule has 3 nitrogen and oxygen atoms in total. The molecule has 1 aromatic rings. The van der Waals surface area contributed by atoms with E-state index in [9.17, 15) is 4.79 Å². The summed E-state index contributed by atoms with van der Waals surface area (Å²) in [7, 11) is 0. The lowest BCUT2D eigenvalue weighted by Gasteiger charge is -2.12. The van der Waals surface area contributed by atoms with Crippen LogP contribution in [0.5, 0.6) is 0 Å². The molecule has 0 aliphatic heterocycles. The van der Waals surface area contributed by atoms with Gasteiger partial charge < -0.3 is 10.5 Å². The first-order valence-corrected chi connectivity index (χ1v) is 5.18. The smallest absolute Gasteiger partial charge is 0.340 e. The van der Waals surface area contributed by atoms with Crippen LogP contribution in [0.25, 0.3) is 0 Å². The largest absolute Gasteiger partial charge is 0.459 e. The molecule has 0 radical (unpaired) electrons. The highest BCUT2D eigenvalue weighted by Gasteiger charge is 2.14. The van der Waals surface area contributed by atoms with Crippen molar-refractivity contribution in [2.75, 3.05) is 5.73 Å². The van der Waals surface area contributed by atoms with Crippen LogP contribution in [0.1, 0.15) is 30.6 Å². The van der Waals surface area contributed by atoms with Crippen molar-refractivity contribution in [2.45, 2.75) is 26.4 Å². The van der Waals surface area contributed by atoms with Crippen LogP contribution in [0.4, 0.5) is 5.69 Å². The number of carbonyl (C=O) groups is 1. The van der Waals surface area contributed by atoms with E-state index in [4.69, 9.17) is 22.1 Å². The number of anilines is 1. The molecule has 0 unspecified atom stereocenters. The first kappa shape index (κ1) is 11.9. The lowest BCUT2D eigenvalue weighted by Crippen LogP contribution is -2.15. The zero-order valence-electron chi connectivity index (χ0n) is 8.79. The van der Waals surface area contributed by atoms with Gasteiger partial charge >= 0.3 is 5.97 Å². The Morgan fingerprint density at radius 3 is 2.87 bits per heavy atom. The van der Waals surface area contributed by atoms with Gasteiger partial charge in [0, 0.05) is 10.7 Å². The molecule has 0 fully saturated rings. The number of rotatable bonds is 3. The molecule has 1 atom stereocenters. The third-order valence-corrected chi connectivity index (χ3v) is 2.35. The van der Waals surface area contributed by atoms with E-state index < -0.39 is 5.97 Å². The first-order chi connectivity index (χ1) is 7.04. The Hall–Kier alpha value is -1.22. The van der Waals surface area contributed by atoms with Gasteiger partial charge in [0.1, 0.15) is 0 Å². The second kappa shape index (κ2) is 5.03. The molecule has 0 aromatic heterocycles. The fraction of sp³-hybridized carbons (Fsp3) is 0.364. The average Bonchev–Trinajstić information content (AvgIpc) is 2.21. The van der Waals surface area contributed by atoms with E-state index in [0.717, 1.165) is 6.42 Å². The summed E-state index contributed by atoms with van der Waals surface area (Å²) in [5.41, 5.74) is 6.35. The zero-order chi connectivity index (χ0) is 11.4. The minimum absolute atomic E-state index is 0.115. The quantitative estimate of drug-likeness (QED) is 0.638. The fourth-order valence-corrected chi connectivity index (χ4v) is 1.21. The summed E-state index contributed by atoms with van der Waals surface area (Å²) in [5, 5.41) is 0.473. The number of esters is 1. The fourth-order valence-electron chi connectivity index (χ4n) is 1.03. The van der Waals surface area contributed by atoms with E-state index in [1.807, 2.05) is 13.8 Å². The average molecular weight is 228 g/mol. The van der Waals surface area contributed by atoms with Crippen LogP contribution in [0.15, 0.2) is 18.2 Å². The monoisotopic (exact) mass is 227 g/mol. The molecular formula is C11H14ClNO2. The van der Waals surface area contributed by atoms with Crippen molar-refractivity contribution >= 4 is 23.3 Å². The first-order valence-electron chi connectivity index (χ1n) is 4.80. The van der Waals surface area contributed by atoms with Crippen molar-refractivity contribution in [1.29, 1.82) is 0 Å². The maximum Gasteiger partial charge on any atom is 0.340 e. The minimum atomic E-state index is -0.427. The van der Waals surface area contributed by atoms with E-state index >= 15 is 0 Å². The maximum absolute atomic E-state index is 11.6. The number of halogens is 1. The third-order valence-electron chi connectivity index (χ3n) is 2.12. The van der Waals surface area contributed by atoms with Gasteiger partial charge in [0.25, 0.3) is 0 Å².